The summed E-state index contributed by atoms with van der Waals surface area (Å²) in [4.78, 5) is 10.6. The molecule has 0 radical (unpaired) electrons. The molecule has 1 aromatic rings. The largest absolute Gasteiger partial charge is 0.273 e. The molecule has 0 saturated carbocycles. The Morgan fingerprint density at radius 1 is 1.50 bits per heavy atom. The first-order valence-corrected chi connectivity index (χ1v) is 6.19. The van der Waals surface area contributed by atoms with Gasteiger partial charge in [0.05, 0.1) is 4.92 Å². The van der Waals surface area contributed by atoms with E-state index in [2.05, 4.69) is 15.9 Å². The van der Waals surface area contributed by atoms with Crippen molar-refractivity contribution in [1.82, 2.24) is 0 Å². The smallest absolute Gasteiger partial charge is 0.258 e. The molecule has 0 heterocycles. The van der Waals surface area contributed by atoms with Gasteiger partial charge in [0.1, 0.15) is 0 Å². The maximum atomic E-state index is 10.9. The van der Waals surface area contributed by atoms with Crippen molar-refractivity contribution in [2.24, 2.45) is 0 Å². The highest BCUT2D eigenvalue weighted by Gasteiger charge is 2.16. The van der Waals surface area contributed by atoms with Crippen molar-refractivity contribution in [3.05, 3.63) is 45.5 Å². The number of halogens is 1. The van der Waals surface area contributed by atoms with E-state index in [1.807, 2.05) is 38.1 Å². The van der Waals surface area contributed by atoms with E-state index in [1.54, 1.807) is 6.07 Å². The molecule has 0 fully saturated rings. The molecular weight excluding hydrogens is 270 g/mol. The van der Waals surface area contributed by atoms with E-state index in [0.29, 0.717) is 0 Å². The van der Waals surface area contributed by atoms with E-state index in [1.165, 1.54) is 0 Å². The van der Waals surface area contributed by atoms with E-state index < -0.39 is 0 Å². The summed E-state index contributed by atoms with van der Waals surface area (Å²) < 4.78 is 0. The van der Waals surface area contributed by atoms with Crippen molar-refractivity contribution in [3.8, 4) is 0 Å². The molecule has 1 aromatic carbocycles. The van der Waals surface area contributed by atoms with Gasteiger partial charge in [0.25, 0.3) is 5.69 Å². The third kappa shape index (κ3) is 3.17. The summed E-state index contributed by atoms with van der Waals surface area (Å²) in [7, 11) is 0. The lowest BCUT2D eigenvalue weighted by molar-refractivity contribution is -0.385. The molecule has 16 heavy (non-hydrogen) atoms. The van der Waals surface area contributed by atoms with Gasteiger partial charge in [-0.05, 0) is 11.5 Å². The van der Waals surface area contributed by atoms with Crippen LogP contribution in [0.5, 0.6) is 0 Å². The van der Waals surface area contributed by atoms with Crippen LogP contribution in [0.4, 0.5) is 5.69 Å². The number of hydrogen-bond acceptors (Lipinski definition) is 2. The monoisotopic (exact) mass is 283 g/mol. The summed E-state index contributed by atoms with van der Waals surface area (Å²) in [5.74, 6) is 0.162. The van der Waals surface area contributed by atoms with Crippen LogP contribution in [0.25, 0.3) is 6.08 Å². The van der Waals surface area contributed by atoms with Crippen LogP contribution < -0.4 is 0 Å². The summed E-state index contributed by atoms with van der Waals surface area (Å²) in [5.41, 5.74) is 1.84. The number of rotatable bonds is 4. The standard InChI is InChI=1S/C12H14BrNO2/c1-9(2)11-6-5-10(4-3-7-13)8-12(11)14(15)16/h3-6,8-9H,7H2,1-2H3. The van der Waals surface area contributed by atoms with E-state index in [-0.39, 0.29) is 16.5 Å². The Kier molecular flexibility index (Phi) is 4.68. The second kappa shape index (κ2) is 5.80. The van der Waals surface area contributed by atoms with Crippen LogP contribution in [0, 0.1) is 10.1 Å². The molecule has 0 bridgehead atoms. The molecule has 0 aliphatic rings. The van der Waals surface area contributed by atoms with Crippen LogP contribution in [0.1, 0.15) is 30.9 Å². The van der Waals surface area contributed by atoms with Crippen LogP contribution in [0.3, 0.4) is 0 Å². The van der Waals surface area contributed by atoms with Gasteiger partial charge in [-0.2, -0.15) is 0 Å². The van der Waals surface area contributed by atoms with Crippen molar-refractivity contribution in [3.63, 3.8) is 0 Å². The highest BCUT2D eigenvalue weighted by atomic mass is 79.9. The summed E-state index contributed by atoms with van der Waals surface area (Å²) in [6.45, 7) is 3.91. The van der Waals surface area contributed by atoms with Gasteiger partial charge in [0.15, 0.2) is 0 Å². The lowest BCUT2D eigenvalue weighted by Crippen LogP contribution is -1.97. The van der Waals surface area contributed by atoms with Crippen LogP contribution in [0.2, 0.25) is 0 Å². The van der Waals surface area contributed by atoms with Crippen LogP contribution in [0.15, 0.2) is 24.3 Å². The van der Waals surface area contributed by atoms with Crippen molar-refractivity contribution in [1.29, 1.82) is 0 Å². The third-order valence-electron chi connectivity index (χ3n) is 2.27. The van der Waals surface area contributed by atoms with Crippen LogP contribution >= 0.6 is 15.9 Å². The number of benzene rings is 1. The molecular formula is C12H14BrNO2. The molecule has 0 unspecified atom stereocenters. The molecule has 0 amide bonds. The fraction of sp³-hybridized carbons (Fsp3) is 0.333. The predicted molar refractivity (Wildman–Crippen MR) is 70.0 cm³/mol. The summed E-state index contributed by atoms with van der Waals surface area (Å²) in [6.07, 6.45) is 3.78. The molecule has 0 aromatic heterocycles. The average Bonchev–Trinajstić information content (AvgIpc) is 2.25. The Bertz CT molecular complexity index is 413. The zero-order chi connectivity index (χ0) is 12.1. The topological polar surface area (TPSA) is 43.1 Å². The lowest BCUT2D eigenvalue weighted by Gasteiger charge is -2.06. The Balaban J connectivity index is 3.17. The van der Waals surface area contributed by atoms with Gasteiger partial charge in [0.2, 0.25) is 0 Å². The van der Waals surface area contributed by atoms with Gasteiger partial charge in [-0.3, -0.25) is 10.1 Å². The minimum atomic E-state index is -0.319. The fourth-order valence-electron chi connectivity index (χ4n) is 1.49. The van der Waals surface area contributed by atoms with E-state index in [0.717, 1.165) is 16.5 Å². The summed E-state index contributed by atoms with van der Waals surface area (Å²) in [5, 5.41) is 11.7. The normalized spacial score (nSPS) is 11.2. The van der Waals surface area contributed by atoms with Crippen LogP contribution in [-0.2, 0) is 0 Å². The molecule has 3 nitrogen and oxygen atoms in total. The number of alkyl halides is 1. The number of allylic oxidation sites excluding steroid dienone is 1. The number of nitro benzene ring substituents is 1. The van der Waals surface area contributed by atoms with Gasteiger partial charge in [-0.1, -0.05) is 54.1 Å². The lowest BCUT2D eigenvalue weighted by atomic mass is 9.99. The Labute approximate surface area is 103 Å². The Morgan fingerprint density at radius 2 is 2.19 bits per heavy atom. The van der Waals surface area contributed by atoms with Crippen molar-refractivity contribution in [2.75, 3.05) is 5.33 Å². The van der Waals surface area contributed by atoms with Gasteiger partial charge in [-0.25, -0.2) is 0 Å². The first-order chi connectivity index (χ1) is 7.56. The molecule has 0 saturated heterocycles. The zero-order valence-electron chi connectivity index (χ0n) is 9.31. The van der Waals surface area contributed by atoms with Gasteiger partial charge in [0, 0.05) is 17.0 Å². The molecule has 0 atom stereocenters. The van der Waals surface area contributed by atoms with Crippen molar-refractivity contribution in [2.45, 2.75) is 19.8 Å². The van der Waals surface area contributed by atoms with Crippen LogP contribution in [-0.4, -0.2) is 10.3 Å². The minimum absolute atomic E-state index is 0.162. The molecule has 0 N–H and O–H groups in total. The zero-order valence-corrected chi connectivity index (χ0v) is 10.9. The fourth-order valence-corrected chi connectivity index (χ4v) is 1.68. The first kappa shape index (κ1) is 12.9. The van der Waals surface area contributed by atoms with Crippen molar-refractivity contribution >= 4 is 27.7 Å². The average molecular weight is 284 g/mol. The Morgan fingerprint density at radius 3 is 2.69 bits per heavy atom. The number of nitro groups is 1. The third-order valence-corrected chi connectivity index (χ3v) is 2.65. The quantitative estimate of drug-likeness (QED) is 0.474. The number of nitrogens with zero attached hydrogens (tertiary/aromatic N) is 1. The Hall–Kier alpha value is -1.16. The maximum absolute atomic E-state index is 10.9. The minimum Gasteiger partial charge on any atom is -0.258 e. The molecule has 0 aliphatic heterocycles. The molecule has 0 aliphatic carbocycles. The molecule has 0 spiro atoms. The van der Waals surface area contributed by atoms with E-state index in [9.17, 15) is 10.1 Å². The van der Waals surface area contributed by atoms with E-state index in [4.69, 9.17) is 0 Å². The second-order valence-electron chi connectivity index (χ2n) is 3.79. The van der Waals surface area contributed by atoms with Crippen molar-refractivity contribution < 1.29 is 4.92 Å². The second-order valence-corrected chi connectivity index (χ2v) is 4.43. The van der Waals surface area contributed by atoms with Gasteiger partial charge < -0.3 is 0 Å². The van der Waals surface area contributed by atoms with E-state index >= 15 is 0 Å². The van der Waals surface area contributed by atoms with Gasteiger partial charge >= 0.3 is 0 Å². The summed E-state index contributed by atoms with van der Waals surface area (Å²) >= 11 is 3.27. The predicted octanol–water partition coefficient (Wildman–Crippen LogP) is 4.13. The molecule has 86 valence electrons. The maximum Gasteiger partial charge on any atom is 0.273 e. The SMILES string of the molecule is CC(C)c1ccc(C=CCBr)cc1[N+](=O)[O-]. The van der Waals surface area contributed by atoms with Gasteiger partial charge in [-0.15, -0.1) is 0 Å². The highest BCUT2D eigenvalue weighted by Crippen LogP contribution is 2.27. The number of hydrogen-bond donors (Lipinski definition) is 0. The molecule has 1 rings (SSSR count). The summed E-state index contributed by atoms with van der Waals surface area (Å²) in [6, 6.07) is 5.35. The highest BCUT2D eigenvalue weighted by molar-refractivity contribution is 9.09. The molecule has 4 heteroatoms. The first-order valence-electron chi connectivity index (χ1n) is 5.07.